The highest BCUT2D eigenvalue weighted by Gasteiger charge is 2.57. The maximum absolute atomic E-state index is 13.9. The van der Waals surface area contributed by atoms with Gasteiger partial charge >= 0.3 is 11.0 Å². The molecule has 0 unspecified atom stereocenters. The third-order valence-corrected chi connectivity index (χ3v) is 10.3. The third-order valence-electron chi connectivity index (χ3n) is 7.66. The van der Waals surface area contributed by atoms with Gasteiger partial charge in [0.25, 0.3) is 0 Å². The Balaban J connectivity index is 1.44. The zero-order valence-electron chi connectivity index (χ0n) is 21.1. The van der Waals surface area contributed by atoms with Crippen molar-refractivity contribution in [1.29, 1.82) is 0 Å². The van der Waals surface area contributed by atoms with Crippen LogP contribution in [0, 0.1) is 5.92 Å². The Morgan fingerprint density at radius 3 is 2.27 bits per heavy atom. The lowest BCUT2D eigenvalue weighted by Gasteiger charge is -2.31. The van der Waals surface area contributed by atoms with Crippen molar-refractivity contribution < 1.29 is 27.6 Å². The Labute approximate surface area is 235 Å². The molecule has 0 bridgehead atoms. The van der Waals surface area contributed by atoms with Crippen molar-refractivity contribution in [1.82, 2.24) is 9.47 Å². The minimum Gasteiger partial charge on any atom is -0.341 e. The number of hydrogen-bond donors (Lipinski definition) is 0. The second kappa shape index (κ2) is 10.2. The van der Waals surface area contributed by atoms with Crippen LogP contribution in [0.2, 0.25) is 0 Å². The molecule has 3 aliphatic heterocycles. The van der Waals surface area contributed by atoms with Crippen molar-refractivity contribution >= 4 is 46.5 Å². The van der Waals surface area contributed by atoms with Gasteiger partial charge in [-0.25, -0.2) is 4.90 Å². The number of anilines is 1. The number of aromatic nitrogens is 1. The standard InChI is InChI=1S/C28H24F3N3O4S2/c29-28(30,31)17-11-5-6-12-18(17)34-24(36)21-20(16-9-3-1-4-10-16)23-26(39-22(21)25(34)37)33(27(38)40-23)15-19(35)32-13-7-2-8-14-32/h1,3-6,9-12,20-22H,2,7-8,13-15H2/t20-,21-,22+/m0/s1. The summed E-state index contributed by atoms with van der Waals surface area (Å²) in [4.78, 5) is 56.5. The number of amides is 3. The van der Waals surface area contributed by atoms with Gasteiger partial charge in [-0.1, -0.05) is 65.6 Å². The van der Waals surface area contributed by atoms with Crippen LogP contribution in [0.1, 0.15) is 41.2 Å². The Morgan fingerprint density at radius 1 is 0.900 bits per heavy atom. The van der Waals surface area contributed by atoms with E-state index in [1.54, 1.807) is 35.2 Å². The van der Waals surface area contributed by atoms with E-state index in [1.807, 2.05) is 0 Å². The summed E-state index contributed by atoms with van der Waals surface area (Å²) in [5.74, 6) is -3.45. The number of nitrogens with zero attached hydrogens (tertiary/aromatic N) is 3. The van der Waals surface area contributed by atoms with Gasteiger partial charge in [-0.3, -0.25) is 23.7 Å². The molecule has 3 atom stereocenters. The SMILES string of the molecule is O=C(Cn1c2c(sc1=O)[C@@H](c1ccccc1)[C@@H]1C(=O)N(c3ccccc3C(F)(F)F)C(=O)[C@@H]1S2)N1CCCCC1. The van der Waals surface area contributed by atoms with Crippen molar-refractivity contribution in [2.75, 3.05) is 18.0 Å². The minimum absolute atomic E-state index is 0.195. The second-order valence-electron chi connectivity index (χ2n) is 10.0. The lowest BCUT2D eigenvalue weighted by Crippen LogP contribution is -2.39. The molecule has 7 nitrogen and oxygen atoms in total. The van der Waals surface area contributed by atoms with Crippen LogP contribution in [0.3, 0.4) is 0 Å². The maximum atomic E-state index is 13.9. The number of benzene rings is 2. The first kappa shape index (κ1) is 26.8. The number of halogens is 3. The average Bonchev–Trinajstić information content (AvgIpc) is 3.39. The number of carbonyl (C=O) groups excluding carboxylic acids is 3. The molecule has 0 radical (unpaired) electrons. The Morgan fingerprint density at radius 2 is 1.57 bits per heavy atom. The Kier molecular flexibility index (Phi) is 6.86. The van der Waals surface area contributed by atoms with Gasteiger partial charge in [-0.2, -0.15) is 13.2 Å². The Hall–Kier alpha value is -3.38. The smallest absolute Gasteiger partial charge is 0.341 e. The first-order valence-corrected chi connectivity index (χ1v) is 14.6. The summed E-state index contributed by atoms with van der Waals surface area (Å²) in [5, 5.41) is -0.639. The summed E-state index contributed by atoms with van der Waals surface area (Å²) in [6, 6.07) is 13.4. The number of fused-ring (bicyclic) bond motifs is 2. The molecular formula is C28H24F3N3O4S2. The lowest BCUT2D eigenvalue weighted by atomic mass is 9.83. The quantitative estimate of drug-likeness (QED) is 0.413. The first-order chi connectivity index (χ1) is 19.2. The van der Waals surface area contributed by atoms with Crippen molar-refractivity contribution in [3.8, 4) is 0 Å². The zero-order valence-corrected chi connectivity index (χ0v) is 22.7. The highest BCUT2D eigenvalue weighted by molar-refractivity contribution is 8.00. The number of para-hydroxylation sites is 1. The zero-order chi connectivity index (χ0) is 28.2. The molecular weight excluding hydrogens is 563 g/mol. The van der Waals surface area contributed by atoms with Gasteiger partial charge in [0.15, 0.2) is 0 Å². The van der Waals surface area contributed by atoms with E-state index in [-0.39, 0.29) is 17.3 Å². The number of hydrogen-bond acceptors (Lipinski definition) is 6. The monoisotopic (exact) mass is 587 g/mol. The maximum Gasteiger partial charge on any atom is 0.418 e. The van der Waals surface area contributed by atoms with E-state index >= 15 is 0 Å². The largest absolute Gasteiger partial charge is 0.418 e. The van der Waals surface area contributed by atoms with Gasteiger partial charge in [0.1, 0.15) is 11.8 Å². The van der Waals surface area contributed by atoms with Gasteiger partial charge in [0.2, 0.25) is 17.7 Å². The molecule has 3 aromatic rings. The van der Waals surface area contributed by atoms with Crippen molar-refractivity contribution in [3.63, 3.8) is 0 Å². The summed E-state index contributed by atoms with van der Waals surface area (Å²) >= 11 is 1.91. The molecule has 2 aromatic carbocycles. The fourth-order valence-electron chi connectivity index (χ4n) is 5.80. The van der Waals surface area contributed by atoms with Crippen LogP contribution in [-0.2, 0) is 27.1 Å². The number of carbonyl (C=O) groups is 3. The molecule has 0 N–H and O–H groups in total. The fourth-order valence-corrected chi connectivity index (χ4v) is 8.57. The van der Waals surface area contributed by atoms with Gasteiger partial charge in [-0.05, 0) is 37.0 Å². The molecule has 208 valence electrons. The number of alkyl halides is 3. The predicted molar refractivity (Wildman–Crippen MR) is 144 cm³/mol. The van der Waals surface area contributed by atoms with Crippen LogP contribution in [0.4, 0.5) is 18.9 Å². The molecule has 0 spiro atoms. The van der Waals surface area contributed by atoms with E-state index in [1.165, 1.54) is 16.7 Å². The van der Waals surface area contributed by atoms with Crippen molar-refractivity contribution in [2.45, 2.75) is 48.2 Å². The molecule has 6 rings (SSSR count). The molecule has 4 heterocycles. The van der Waals surface area contributed by atoms with Gasteiger partial charge in [0, 0.05) is 23.9 Å². The lowest BCUT2D eigenvalue weighted by molar-refractivity contribution is -0.137. The van der Waals surface area contributed by atoms with Gasteiger partial charge in [-0.15, -0.1) is 0 Å². The summed E-state index contributed by atoms with van der Waals surface area (Å²) in [7, 11) is 0. The second-order valence-corrected chi connectivity index (χ2v) is 12.2. The average molecular weight is 588 g/mol. The van der Waals surface area contributed by atoms with E-state index in [0.717, 1.165) is 54.5 Å². The molecule has 2 fully saturated rings. The normalized spacial score (nSPS) is 22.8. The van der Waals surface area contributed by atoms with Crippen LogP contribution in [0.15, 0.2) is 64.4 Å². The van der Waals surface area contributed by atoms with E-state index in [0.29, 0.717) is 33.5 Å². The predicted octanol–water partition coefficient (Wildman–Crippen LogP) is 4.74. The fraction of sp³-hybridized carbons (Fsp3) is 0.357. The van der Waals surface area contributed by atoms with Crippen molar-refractivity contribution in [3.05, 3.63) is 80.3 Å². The van der Waals surface area contributed by atoms with Crippen molar-refractivity contribution in [2.24, 2.45) is 5.92 Å². The van der Waals surface area contributed by atoms with Gasteiger partial charge in [0.05, 0.1) is 22.2 Å². The summed E-state index contributed by atoms with van der Waals surface area (Å²) in [6.45, 7) is 1.04. The number of thioether (sulfide) groups is 1. The van der Waals surface area contributed by atoms with Crippen LogP contribution >= 0.6 is 23.1 Å². The van der Waals surface area contributed by atoms with Crippen LogP contribution in [0.5, 0.6) is 0 Å². The molecule has 12 heteroatoms. The molecule has 3 amide bonds. The summed E-state index contributed by atoms with van der Waals surface area (Å²) in [5.41, 5.74) is -0.912. The van der Waals surface area contributed by atoms with E-state index in [4.69, 9.17) is 0 Å². The molecule has 3 aliphatic rings. The molecule has 40 heavy (non-hydrogen) atoms. The Bertz CT molecular complexity index is 1550. The number of rotatable bonds is 4. The molecule has 0 saturated carbocycles. The highest BCUT2D eigenvalue weighted by Crippen LogP contribution is 2.54. The topological polar surface area (TPSA) is 79.7 Å². The molecule has 1 aromatic heterocycles. The summed E-state index contributed by atoms with van der Waals surface area (Å²) in [6.07, 6.45) is -1.95. The first-order valence-electron chi connectivity index (χ1n) is 12.9. The number of thiazole rings is 1. The van der Waals surface area contributed by atoms with E-state index in [9.17, 15) is 32.3 Å². The number of imide groups is 1. The number of piperidine rings is 1. The molecule has 0 aliphatic carbocycles. The third kappa shape index (κ3) is 4.46. The summed E-state index contributed by atoms with van der Waals surface area (Å²) < 4.78 is 43.0. The van der Waals surface area contributed by atoms with Gasteiger partial charge < -0.3 is 4.90 Å². The highest BCUT2D eigenvalue weighted by atomic mass is 32.2. The van der Waals surface area contributed by atoms with E-state index in [2.05, 4.69) is 0 Å². The van der Waals surface area contributed by atoms with Crippen LogP contribution in [-0.4, -0.2) is 45.5 Å². The van der Waals surface area contributed by atoms with Crippen LogP contribution < -0.4 is 9.77 Å². The van der Waals surface area contributed by atoms with E-state index < -0.39 is 46.3 Å². The number of likely N-dealkylation sites (tertiary alicyclic amines) is 1. The minimum atomic E-state index is -4.77. The van der Waals surface area contributed by atoms with Crippen LogP contribution in [0.25, 0.3) is 0 Å². The molecule has 2 saturated heterocycles.